The smallest absolute Gasteiger partial charge is 0.339 e. The Hall–Kier alpha value is -1.65. The fourth-order valence-electron chi connectivity index (χ4n) is 1.40. The molecule has 0 aliphatic heterocycles. The van der Waals surface area contributed by atoms with E-state index in [1.165, 1.54) is 60.2 Å². The number of thioether (sulfide) groups is 1. The van der Waals surface area contributed by atoms with E-state index in [0.717, 1.165) is 4.34 Å². The number of nitro groups is 1. The van der Waals surface area contributed by atoms with Crippen molar-refractivity contribution in [1.82, 2.24) is 10.2 Å². The monoisotopic (exact) mass is 343 g/mol. The van der Waals surface area contributed by atoms with Gasteiger partial charge in [0.1, 0.15) is 0 Å². The molecule has 0 radical (unpaired) electrons. The Balaban J connectivity index is 2.37. The molecule has 0 amide bonds. The summed E-state index contributed by atoms with van der Waals surface area (Å²) >= 11 is 4.08. The zero-order chi connectivity index (χ0) is 15.4. The molecule has 0 saturated carbocycles. The van der Waals surface area contributed by atoms with Gasteiger partial charge >= 0.3 is 5.97 Å². The third kappa shape index (κ3) is 3.71. The summed E-state index contributed by atoms with van der Waals surface area (Å²) in [7, 11) is 1.23. The number of nitro benzene ring substituents is 1. The van der Waals surface area contributed by atoms with Crippen LogP contribution in [0.25, 0.3) is 0 Å². The maximum atomic E-state index is 11.8. The van der Waals surface area contributed by atoms with Crippen molar-refractivity contribution in [2.75, 3.05) is 13.4 Å². The van der Waals surface area contributed by atoms with Gasteiger partial charge in [-0.2, -0.15) is 0 Å². The highest BCUT2D eigenvalue weighted by Gasteiger charge is 2.19. The second-order valence-corrected chi connectivity index (χ2v) is 6.89. The van der Waals surface area contributed by atoms with Crippen molar-refractivity contribution in [2.24, 2.45) is 0 Å². The standard InChI is InChI=1S/C11H9N3O4S3/c1-18-9(15)7-5-6(14(16)17)3-4-8(7)20-11-13-12-10(19-2)21-11/h3-5H,1-2H3. The van der Waals surface area contributed by atoms with Crippen LogP contribution >= 0.6 is 34.9 Å². The van der Waals surface area contributed by atoms with E-state index in [4.69, 9.17) is 0 Å². The molecule has 2 rings (SSSR count). The summed E-state index contributed by atoms with van der Waals surface area (Å²) in [5, 5.41) is 18.7. The molecule has 0 atom stereocenters. The molecule has 1 heterocycles. The Bertz CT molecular complexity index is 689. The number of nitrogens with zero attached hydrogens (tertiary/aromatic N) is 3. The molecule has 0 unspecified atom stereocenters. The average molecular weight is 343 g/mol. The number of hydrogen-bond acceptors (Lipinski definition) is 9. The molecule has 2 aromatic rings. The minimum atomic E-state index is -0.629. The SMILES string of the molecule is COC(=O)c1cc([N+](=O)[O-])ccc1Sc1nnc(SC)s1. The van der Waals surface area contributed by atoms with Crippen LogP contribution in [-0.4, -0.2) is 34.5 Å². The summed E-state index contributed by atoms with van der Waals surface area (Å²) in [6.45, 7) is 0. The van der Waals surface area contributed by atoms with Crippen molar-refractivity contribution in [2.45, 2.75) is 13.6 Å². The van der Waals surface area contributed by atoms with Crippen LogP contribution < -0.4 is 0 Å². The quantitative estimate of drug-likeness (QED) is 0.354. The molecule has 1 aromatic carbocycles. The second-order valence-electron chi connectivity index (χ2n) is 3.57. The Morgan fingerprint density at radius 1 is 1.38 bits per heavy atom. The molecule has 21 heavy (non-hydrogen) atoms. The molecule has 0 spiro atoms. The fourth-order valence-corrected chi connectivity index (χ4v) is 3.90. The van der Waals surface area contributed by atoms with Crippen molar-refractivity contribution in [3.05, 3.63) is 33.9 Å². The van der Waals surface area contributed by atoms with Gasteiger partial charge in [-0.15, -0.1) is 10.2 Å². The van der Waals surface area contributed by atoms with Crippen LogP contribution in [0.15, 0.2) is 31.8 Å². The van der Waals surface area contributed by atoms with Gasteiger partial charge in [-0.1, -0.05) is 34.9 Å². The minimum absolute atomic E-state index is 0.137. The van der Waals surface area contributed by atoms with Gasteiger partial charge in [-0.3, -0.25) is 10.1 Å². The molecule has 7 nitrogen and oxygen atoms in total. The number of esters is 1. The molecule has 10 heteroatoms. The van der Waals surface area contributed by atoms with Gasteiger partial charge in [0.15, 0.2) is 8.68 Å². The lowest BCUT2D eigenvalue weighted by molar-refractivity contribution is -0.384. The fraction of sp³-hybridized carbons (Fsp3) is 0.182. The van der Waals surface area contributed by atoms with Gasteiger partial charge in [-0.25, -0.2) is 4.79 Å². The van der Waals surface area contributed by atoms with E-state index in [1.54, 1.807) is 0 Å². The lowest BCUT2D eigenvalue weighted by Crippen LogP contribution is -2.04. The number of benzene rings is 1. The lowest BCUT2D eigenvalue weighted by atomic mass is 10.2. The third-order valence-corrected chi connectivity index (χ3v) is 5.36. The number of carbonyl (C=O) groups is 1. The molecule has 0 N–H and O–H groups in total. The first-order valence-corrected chi connectivity index (χ1v) is 8.33. The average Bonchev–Trinajstić information content (AvgIpc) is 2.94. The maximum Gasteiger partial charge on any atom is 0.339 e. The Morgan fingerprint density at radius 3 is 2.67 bits per heavy atom. The maximum absolute atomic E-state index is 11.8. The molecular formula is C11H9N3O4S3. The molecule has 110 valence electrons. The third-order valence-electron chi connectivity index (χ3n) is 2.34. The summed E-state index contributed by atoms with van der Waals surface area (Å²) in [6.07, 6.45) is 1.89. The van der Waals surface area contributed by atoms with Crippen molar-refractivity contribution in [3.8, 4) is 0 Å². The van der Waals surface area contributed by atoms with E-state index < -0.39 is 10.9 Å². The van der Waals surface area contributed by atoms with Gasteiger partial charge in [0.2, 0.25) is 0 Å². The first kappa shape index (κ1) is 15.7. The lowest BCUT2D eigenvalue weighted by Gasteiger charge is -2.05. The largest absolute Gasteiger partial charge is 0.465 e. The van der Waals surface area contributed by atoms with E-state index in [9.17, 15) is 14.9 Å². The highest BCUT2D eigenvalue weighted by atomic mass is 32.2. The van der Waals surface area contributed by atoms with E-state index in [1.807, 2.05) is 6.26 Å². The van der Waals surface area contributed by atoms with Crippen molar-refractivity contribution in [1.29, 1.82) is 0 Å². The summed E-state index contributed by atoms with van der Waals surface area (Å²) in [5.74, 6) is -0.629. The zero-order valence-electron chi connectivity index (χ0n) is 10.9. The van der Waals surface area contributed by atoms with Crippen molar-refractivity contribution >= 4 is 46.5 Å². The number of rotatable bonds is 5. The topological polar surface area (TPSA) is 95.2 Å². The number of hydrogen-bond donors (Lipinski definition) is 0. The van der Waals surface area contributed by atoms with Gasteiger partial charge in [-0.05, 0) is 12.3 Å². The van der Waals surface area contributed by atoms with Gasteiger partial charge in [0.25, 0.3) is 5.69 Å². The molecular weight excluding hydrogens is 334 g/mol. The van der Waals surface area contributed by atoms with Crippen LogP contribution in [0, 0.1) is 10.1 Å². The first-order valence-electron chi connectivity index (χ1n) is 5.47. The van der Waals surface area contributed by atoms with E-state index >= 15 is 0 Å². The van der Waals surface area contributed by atoms with Crippen LogP contribution in [0.2, 0.25) is 0 Å². The predicted octanol–water partition coefficient (Wildman–Crippen LogP) is 3.11. The molecule has 1 aromatic heterocycles. The van der Waals surface area contributed by atoms with E-state index in [0.29, 0.717) is 9.24 Å². The van der Waals surface area contributed by atoms with Crippen LogP contribution in [0.4, 0.5) is 5.69 Å². The van der Waals surface area contributed by atoms with Gasteiger partial charge in [0, 0.05) is 17.0 Å². The zero-order valence-corrected chi connectivity index (χ0v) is 13.4. The Kier molecular flexibility index (Phi) is 5.15. The number of methoxy groups -OCH3 is 1. The highest BCUT2D eigenvalue weighted by molar-refractivity contribution is 8.03. The van der Waals surface area contributed by atoms with E-state index in [2.05, 4.69) is 14.9 Å². The minimum Gasteiger partial charge on any atom is -0.465 e. The number of ether oxygens (including phenoxy) is 1. The molecule has 0 saturated heterocycles. The number of non-ortho nitro benzene ring substituents is 1. The van der Waals surface area contributed by atoms with Gasteiger partial charge in [0.05, 0.1) is 17.6 Å². The van der Waals surface area contributed by atoms with Crippen molar-refractivity contribution in [3.63, 3.8) is 0 Å². The van der Waals surface area contributed by atoms with Crippen LogP contribution in [0.1, 0.15) is 10.4 Å². The normalized spacial score (nSPS) is 10.4. The molecule has 0 aliphatic rings. The van der Waals surface area contributed by atoms with Crippen LogP contribution in [0.3, 0.4) is 0 Å². The highest BCUT2D eigenvalue weighted by Crippen LogP contribution is 2.36. The molecule has 0 fully saturated rings. The Morgan fingerprint density at radius 2 is 2.10 bits per heavy atom. The van der Waals surface area contributed by atoms with Crippen LogP contribution in [-0.2, 0) is 4.74 Å². The second kappa shape index (κ2) is 6.87. The number of aromatic nitrogens is 2. The molecule has 0 bridgehead atoms. The first-order chi connectivity index (χ1) is 10.0. The molecule has 0 aliphatic carbocycles. The summed E-state index contributed by atoms with van der Waals surface area (Å²) in [5.41, 5.74) is -0.0283. The van der Waals surface area contributed by atoms with Crippen LogP contribution in [0.5, 0.6) is 0 Å². The van der Waals surface area contributed by atoms with E-state index in [-0.39, 0.29) is 11.3 Å². The van der Waals surface area contributed by atoms with Crippen molar-refractivity contribution < 1.29 is 14.5 Å². The summed E-state index contributed by atoms with van der Waals surface area (Å²) in [4.78, 5) is 22.5. The predicted molar refractivity (Wildman–Crippen MR) is 80.2 cm³/mol. The number of carbonyl (C=O) groups excluding carboxylic acids is 1. The van der Waals surface area contributed by atoms with Gasteiger partial charge < -0.3 is 4.74 Å². The summed E-state index contributed by atoms with van der Waals surface area (Å²) in [6, 6.07) is 4.05. The Labute approximate surface area is 132 Å². The summed E-state index contributed by atoms with van der Waals surface area (Å²) < 4.78 is 6.12.